The maximum absolute atomic E-state index is 12.7. The molecular weight excluding hydrogens is 424 g/mol. The highest BCUT2D eigenvalue weighted by Crippen LogP contribution is 2.38. The lowest BCUT2D eigenvalue weighted by atomic mass is 10.1. The van der Waals surface area contributed by atoms with E-state index >= 15 is 0 Å². The number of ether oxygens (including phenoxy) is 1. The molecule has 0 radical (unpaired) electrons. The highest BCUT2D eigenvalue weighted by molar-refractivity contribution is 9.10. The topological polar surface area (TPSA) is 109 Å². The number of rotatable bonds is 4. The van der Waals surface area contributed by atoms with Crippen LogP contribution < -0.4 is 20.7 Å². The predicted octanol–water partition coefficient (Wildman–Crippen LogP) is 2.91. The fourth-order valence-electron chi connectivity index (χ4n) is 3.52. The molecule has 3 aromatic rings. The van der Waals surface area contributed by atoms with E-state index in [4.69, 9.17) is 10.5 Å². The number of aromatic amines is 1. The summed E-state index contributed by atoms with van der Waals surface area (Å²) in [6.07, 6.45) is 5.55. The van der Waals surface area contributed by atoms with Crippen molar-refractivity contribution in [1.82, 2.24) is 15.0 Å². The summed E-state index contributed by atoms with van der Waals surface area (Å²) in [6.45, 7) is 1.66. The number of pyridine rings is 2. The molecule has 0 saturated carbocycles. The van der Waals surface area contributed by atoms with E-state index in [9.17, 15) is 4.79 Å². The van der Waals surface area contributed by atoms with Gasteiger partial charge in [0.1, 0.15) is 11.3 Å². The van der Waals surface area contributed by atoms with Crippen LogP contribution in [0.5, 0.6) is 5.88 Å². The van der Waals surface area contributed by atoms with Crippen molar-refractivity contribution in [2.75, 3.05) is 30.4 Å². The average Bonchev–Trinajstić information content (AvgIpc) is 3.10. The Kier molecular flexibility index (Phi) is 5.19. The van der Waals surface area contributed by atoms with Gasteiger partial charge in [-0.25, -0.2) is 9.97 Å². The highest BCUT2D eigenvalue weighted by atomic mass is 79.9. The van der Waals surface area contributed by atoms with Gasteiger partial charge in [-0.1, -0.05) is 6.07 Å². The number of anilines is 2. The van der Waals surface area contributed by atoms with Gasteiger partial charge < -0.3 is 25.7 Å². The minimum absolute atomic E-state index is 0.127. The SMILES string of the molecule is COc1cccc(C(=O)Nc2c[nH]c3ncc(Br)c(N4CCCC(N)C4)c23)n1. The molecule has 0 aliphatic carbocycles. The van der Waals surface area contributed by atoms with Gasteiger partial charge >= 0.3 is 0 Å². The summed E-state index contributed by atoms with van der Waals surface area (Å²) >= 11 is 3.62. The van der Waals surface area contributed by atoms with E-state index in [1.807, 2.05) is 0 Å². The number of piperidine rings is 1. The zero-order valence-electron chi connectivity index (χ0n) is 15.4. The minimum atomic E-state index is -0.318. The molecular formula is C19H21BrN6O2. The first-order chi connectivity index (χ1) is 13.6. The second-order valence-corrected chi connectivity index (χ2v) is 7.60. The minimum Gasteiger partial charge on any atom is -0.481 e. The van der Waals surface area contributed by atoms with Crippen LogP contribution in [-0.4, -0.2) is 47.1 Å². The maximum Gasteiger partial charge on any atom is 0.274 e. The number of carbonyl (C=O) groups is 1. The van der Waals surface area contributed by atoms with Crippen LogP contribution in [0, 0.1) is 0 Å². The van der Waals surface area contributed by atoms with Gasteiger partial charge in [0.2, 0.25) is 5.88 Å². The normalized spacial score (nSPS) is 17.0. The van der Waals surface area contributed by atoms with E-state index < -0.39 is 0 Å². The van der Waals surface area contributed by atoms with Crippen LogP contribution in [0.3, 0.4) is 0 Å². The van der Waals surface area contributed by atoms with Crippen molar-refractivity contribution >= 4 is 44.2 Å². The summed E-state index contributed by atoms with van der Waals surface area (Å²) in [5.74, 6) is 0.0695. The summed E-state index contributed by atoms with van der Waals surface area (Å²) in [5, 5.41) is 3.79. The van der Waals surface area contributed by atoms with Crippen LogP contribution in [0.15, 0.2) is 35.1 Å². The fraction of sp³-hybridized carbons (Fsp3) is 0.316. The Morgan fingerprint density at radius 1 is 1.46 bits per heavy atom. The van der Waals surface area contributed by atoms with E-state index in [0.29, 0.717) is 17.2 Å². The fourth-order valence-corrected chi connectivity index (χ4v) is 4.07. The second-order valence-electron chi connectivity index (χ2n) is 6.75. The summed E-state index contributed by atoms with van der Waals surface area (Å²) in [4.78, 5) is 26.8. The number of amides is 1. The van der Waals surface area contributed by atoms with Gasteiger partial charge in [0, 0.05) is 37.6 Å². The number of hydrogen-bond acceptors (Lipinski definition) is 6. The molecule has 4 heterocycles. The van der Waals surface area contributed by atoms with Crippen molar-refractivity contribution in [3.05, 3.63) is 40.8 Å². The quantitative estimate of drug-likeness (QED) is 0.570. The number of aromatic nitrogens is 3. The maximum atomic E-state index is 12.7. The lowest BCUT2D eigenvalue weighted by Crippen LogP contribution is -2.43. The molecule has 1 unspecified atom stereocenters. The lowest BCUT2D eigenvalue weighted by Gasteiger charge is -2.33. The van der Waals surface area contributed by atoms with Gasteiger partial charge in [0.05, 0.1) is 28.3 Å². The monoisotopic (exact) mass is 444 g/mol. The van der Waals surface area contributed by atoms with E-state index in [1.165, 1.54) is 7.11 Å². The van der Waals surface area contributed by atoms with Gasteiger partial charge in [-0.05, 0) is 34.8 Å². The van der Waals surface area contributed by atoms with E-state index in [2.05, 4.69) is 41.1 Å². The third kappa shape index (κ3) is 3.55. The van der Waals surface area contributed by atoms with Gasteiger partial charge in [0.25, 0.3) is 5.91 Å². The number of nitrogens with two attached hydrogens (primary N) is 1. The molecule has 4 N–H and O–H groups in total. The Labute approximate surface area is 170 Å². The summed E-state index contributed by atoms with van der Waals surface area (Å²) < 4.78 is 5.97. The van der Waals surface area contributed by atoms with Crippen LogP contribution in [-0.2, 0) is 0 Å². The third-order valence-electron chi connectivity index (χ3n) is 4.82. The largest absolute Gasteiger partial charge is 0.481 e. The van der Waals surface area contributed by atoms with Gasteiger partial charge in [0.15, 0.2) is 0 Å². The third-order valence-corrected chi connectivity index (χ3v) is 5.40. The van der Waals surface area contributed by atoms with Crippen molar-refractivity contribution in [3.8, 4) is 5.88 Å². The van der Waals surface area contributed by atoms with Crippen molar-refractivity contribution in [2.45, 2.75) is 18.9 Å². The Morgan fingerprint density at radius 3 is 3.11 bits per heavy atom. The number of halogens is 1. The molecule has 0 spiro atoms. The van der Waals surface area contributed by atoms with E-state index in [1.54, 1.807) is 30.6 Å². The molecule has 0 aromatic carbocycles. The van der Waals surface area contributed by atoms with Crippen LogP contribution in [0.2, 0.25) is 0 Å². The van der Waals surface area contributed by atoms with Crippen molar-refractivity contribution < 1.29 is 9.53 Å². The molecule has 28 heavy (non-hydrogen) atoms. The number of hydrogen-bond donors (Lipinski definition) is 3. The summed E-state index contributed by atoms with van der Waals surface area (Å²) in [7, 11) is 1.52. The van der Waals surface area contributed by atoms with E-state index in [0.717, 1.165) is 41.5 Å². The molecule has 0 bridgehead atoms. The standard InChI is InChI=1S/C19H21BrN6O2/c1-28-15-6-2-5-13(24-15)19(27)25-14-9-23-18-16(14)17(12(20)8-22-18)26-7-3-4-11(21)10-26/h2,5-6,8-9,11H,3-4,7,10,21H2,1H3,(H,22,23)(H,25,27). The Balaban J connectivity index is 1.71. The molecule has 1 amide bonds. The molecule has 1 fully saturated rings. The Hall–Kier alpha value is -2.65. The Bertz CT molecular complexity index is 1020. The van der Waals surface area contributed by atoms with Crippen LogP contribution in [0.1, 0.15) is 23.3 Å². The number of nitrogens with zero attached hydrogens (tertiary/aromatic N) is 3. The molecule has 146 valence electrons. The first-order valence-electron chi connectivity index (χ1n) is 9.05. The number of fused-ring (bicyclic) bond motifs is 1. The molecule has 1 atom stereocenters. The highest BCUT2D eigenvalue weighted by Gasteiger charge is 2.24. The van der Waals surface area contributed by atoms with E-state index in [-0.39, 0.29) is 17.6 Å². The molecule has 8 nitrogen and oxygen atoms in total. The Morgan fingerprint density at radius 2 is 2.32 bits per heavy atom. The molecule has 1 saturated heterocycles. The zero-order chi connectivity index (χ0) is 19.7. The molecule has 9 heteroatoms. The predicted molar refractivity (Wildman–Crippen MR) is 112 cm³/mol. The van der Waals surface area contributed by atoms with Gasteiger partial charge in [-0.3, -0.25) is 4.79 Å². The van der Waals surface area contributed by atoms with Crippen LogP contribution >= 0.6 is 15.9 Å². The van der Waals surface area contributed by atoms with Crippen molar-refractivity contribution in [1.29, 1.82) is 0 Å². The summed E-state index contributed by atoms with van der Waals surface area (Å²) in [5.41, 5.74) is 8.79. The number of H-pyrrole nitrogens is 1. The van der Waals surface area contributed by atoms with Crippen molar-refractivity contribution in [2.24, 2.45) is 5.73 Å². The molecule has 1 aliphatic rings. The number of carbonyl (C=O) groups excluding carboxylic acids is 1. The smallest absolute Gasteiger partial charge is 0.274 e. The first kappa shape index (κ1) is 18.7. The van der Waals surface area contributed by atoms with Crippen molar-refractivity contribution in [3.63, 3.8) is 0 Å². The van der Waals surface area contributed by atoms with Crippen LogP contribution in [0.25, 0.3) is 11.0 Å². The van der Waals surface area contributed by atoms with Gasteiger partial charge in [-0.2, -0.15) is 0 Å². The average molecular weight is 445 g/mol. The first-order valence-corrected chi connectivity index (χ1v) is 9.84. The zero-order valence-corrected chi connectivity index (χ0v) is 17.0. The lowest BCUT2D eigenvalue weighted by molar-refractivity contribution is 0.102. The second kappa shape index (κ2) is 7.76. The molecule has 1 aliphatic heterocycles. The number of nitrogens with one attached hydrogen (secondary N) is 2. The number of methoxy groups -OCH3 is 1. The summed E-state index contributed by atoms with van der Waals surface area (Å²) in [6, 6.07) is 5.20. The molecule has 4 rings (SSSR count). The van der Waals surface area contributed by atoms with Crippen LogP contribution in [0.4, 0.5) is 11.4 Å². The van der Waals surface area contributed by atoms with Gasteiger partial charge in [-0.15, -0.1) is 0 Å². The molecule has 3 aromatic heterocycles.